The number of nitrogens with zero attached hydrogens (tertiary/aromatic N) is 2. The summed E-state index contributed by atoms with van der Waals surface area (Å²) in [6, 6.07) is 33.2. The molecule has 0 aliphatic carbocycles. The molecule has 0 N–H and O–H groups in total. The van der Waals surface area contributed by atoms with Crippen LogP contribution < -0.4 is 9.80 Å². The minimum absolute atomic E-state index is 1.00. The summed E-state index contributed by atoms with van der Waals surface area (Å²) in [6.07, 6.45) is 4.23. The second-order valence-electron chi connectivity index (χ2n) is 8.96. The zero-order valence-electron chi connectivity index (χ0n) is 21.3. The molecule has 0 unspecified atom stereocenters. The van der Waals surface area contributed by atoms with E-state index in [0.717, 1.165) is 33.4 Å². The van der Waals surface area contributed by atoms with Gasteiger partial charge in [-0.05, 0) is 83.9 Å². The molecule has 4 aromatic carbocycles. The zero-order chi connectivity index (χ0) is 25.3. The normalized spacial score (nSPS) is 10.2. The fraction of sp³-hybridized carbons (Fsp3) is 0.118. The van der Waals surface area contributed by atoms with Gasteiger partial charge in [0.25, 0.3) is 0 Å². The van der Waals surface area contributed by atoms with Gasteiger partial charge in [0.1, 0.15) is 0 Å². The van der Waals surface area contributed by atoms with Crippen LogP contribution in [0.15, 0.2) is 97.1 Å². The second kappa shape index (κ2) is 11.7. The Kier molecular flexibility index (Phi) is 7.92. The molecule has 4 rings (SSSR count). The minimum Gasteiger partial charge on any atom is -0.378 e. The maximum absolute atomic E-state index is 3.25. The maximum Gasteiger partial charge on any atom is 0.0361 e. The standard InChI is InChI=1S/C34H30N2/c1-35(2)33-23-19-31(20-24-33)17-15-29-11-7-27(8-12-29)5-6-28-9-13-30(14-10-28)16-18-32-21-25-34(26-22-32)36(3)4/h5-14,19-26H,1-4H3/b6-5+. The molecule has 176 valence electrons. The predicted molar refractivity (Wildman–Crippen MR) is 155 cm³/mol. The van der Waals surface area contributed by atoms with Crippen LogP contribution in [-0.4, -0.2) is 28.2 Å². The summed E-state index contributed by atoms with van der Waals surface area (Å²) in [4.78, 5) is 4.16. The van der Waals surface area contributed by atoms with E-state index in [4.69, 9.17) is 0 Å². The Labute approximate surface area is 215 Å². The molecule has 36 heavy (non-hydrogen) atoms. The highest BCUT2D eigenvalue weighted by atomic mass is 15.1. The molecule has 2 heteroatoms. The summed E-state index contributed by atoms with van der Waals surface area (Å²) >= 11 is 0. The van der Waals surface area contributed by atoms with Crippen LogP contribution in [0, 0.1) is 23.7 Å². The molecule has 0 fully saturated rings. The van der Waals surface area contributed by atoms with Crippen molar-refractivity contribution in [2.45, 2.75) is 0 Å². The Morgan fingerprint density at radius 2 is 0.639 bits per heavy atom. The highest BCUT2D eigenvalue weighted by molar-refractivity contribution is 5.70. The van der Waals surface area contributed by atoms with Crippen LogP contribution in [0.4, 0.5) is 11.4 Å². The minimum atomic E-state index is 1.00. The first-order chi connectivity index (χ1) is 17.5. The van der Waals surface area contributed by atoms with Crippen molar-refractivity contribution in [3.8, 4) is 23.7 Å². The molecule has 0 bridgehead atoms. The molecule has 0 saturated carbocycles. The third kappa shape index (κ3) is 6.92. The molecule has 0 atom stereocenters. The van der Waals surface area contributed by atoms with E-state index in [1.807, 2.05) is 28.2 Å². The lowest BCUT2D eigenvalue weighted by molar-refractivity contribution is 1.13. The lowest BCUT2D eigenvalue weighted by Gasteiger charge is -2.11. The molecule has 0 aliphatic heterocycles. The number of benzene rings is 4. The Balaban J connectivity index is 1.35. The number of hydrogen-bond acceptors (Lipinski definition) is 2. The van der Waals surface area contributed by atoms with Crippen LogP contribution in [0.3, 0.4) is 0 Å². The summed E-state index contributed by atoms with van der Waals surface area (Å²) in [5.74, 6) is 13.0. The van der Waals surface area contributed by atoms with Crippen molar-refractivity contribution in [1.29, 1.82) is 0 Å². The maximum atomic E-state index is 3.25. The van der Waals surface area contributed by atoms with Gasteiger partial charge in [0.15, 0.2) is 0 Å². The van der Waals surface area contributed by atoms with E-state index in [2.05, 4.69) is 143 Å². The van der Waals surface area contributed by atoms with Gasteiger partial charge in [-0.3, -0.25) is 0 Å². The Hall–Kier alpha value is -4.66. The van der Waals surface area contributed by atoms with Gasteiger partial charge >= 0.3 is 0 Å². The van der Waals surface area contributed by atoms with E-state index >= 15 is 0 Å². The van der Waals surface area contributed by atoms with Gasteiger partial charge in [-0.25, -0.2) is 0 Å². The lowest BCUT2D eigenvalue weighted by Crippen LogP contribution is -2.07. The molecular weight excluding hydrogens is 436 g/mol. The van der Waals surface area contributed by atoms with Gasteiger partial charge in [-0.15, -0.1) is 0 Å². The molecule has 0 heterocycles. The van der Waals surface area contributed by atoms with E-state index in [1.165, 1.54) is 11.4 Å². The van der Waals surface area contributed by atoms with Crippen molar-refractivity contribution in [1.82, 2.24) is 0 Å². The van der Waals surface area contributed by atoms with E-state index in [9.17, 15) is 0 Å². The largest absolute Gasteiger partial charge is 0.378 e. The summed E-state index contributed by atoms with van der Waals surface area (Å²) in [5, 5.41) is 0. The van der Waals surface area contributed by atoms with Crippen molar-refractivity contribution >= 4 is 23.5 Å². The first-order valence-electron chi connectivity index (χ1n) is 11.9. The highest BCUT2D eigenvalue weighted by Crippen LogP contribution is 2.14. The molecule has 0 amide bonds. The van der Waals surface area contributed by atoms with Crippen molar-refractivity contribution in [2.24, 2.45) is 0 Å². The Morgan fingerprint density at radius 1 is 0.389 bits per heavy atom. The fourth-order valence-electron chi connectivity index (χ4n) is 3.52. The summed E-state index contributed by atoms with van der Waals surface area (Å²) in [6.45, 7) is 0. The molecular formula is C34H30N2. The second-order valence-corrected chi connectivity index (χ2v) is 8.96. The number of rotatable bonds is 4. The van der Waals surface area contributed by atoms with Gasteiger partial charge in [0, 0.05) is 61.8 Å². The fourth-order valence-corrected chi connectivity index (χ4v) is 3.52. The van der Waals surface area contributed by atoms with E-state index in [0.29, 0.717) is 0 Å². The van der Waals surface area contributed by atoms with Gasteiger partial charge in [0.2, 0.25) is 0 Å². The van der Waals surface area contributed by atoms with Gasteiger partial charge in [-0.2, -0.15) is 0 Å². The smallest absolute Gasteiger partial charge is 0.0361 e. The molecule has 0 aromatic heterocycles. The first kappa shape index (κ1) is 24.5. The van der Waals surface area contributed by atoms with Crippen LogP contribution in [0.1, 0.15) is 33.4 Å². The molecule has 2 nitrogen and oxygen atoms in total. The van der Waals surface area contributed by atoms with Crippen LogP contribution in [0.2, 0.25) is 0 Å². The molecule has 0 radical (unpaired) electrons. The summed E-state index contributed by atoms with van der Waals surface area (Å²) in [7, 11) is 8.14. The van der Waals surface area contributed by atoms with Gasteiger partial charge in [-0.1, -0.05) is 60.1 Å². The van der Waals surface area contributed by atoms with Crippen LogP contribution in [-0.2, 0) is 0 Å². The lowest BCUT2D eigenvalue weighted by atomic mass is 10.1. The molecule has 0 spiro atoms. The SMILES string of the molecule is CN(C)c1ccc(C#Cc2ccc(/C=C/c3ccc(C#Cc4ccc(N(C)C)cc4)cc3)cc2)cc1. The van der Waals surface area contributed by atoms with E-state index in [-0.39, 0.29) is 0 Å². The van der Waals surface area contributed by atoms with E-state index < -0.39 is 0 Å². The highest BCUT2D eigenvalue weighted by Gasteiger charge is 1.96. The summed E-state index contributed by atoms with van der Waals surface area (Å²) in [5.41, 5.74) is 8.66. The topological polar surface area (TPSA) is 6.48 Å². The van der Waals surface area contributed by atoms with Gasteiger partial charge in [0.05, 0.1) is 0 Å². The van der Waals surface area contributed by atoms with Crippen LogP contribution in [0.5, 0.6) is 0 Å². The van der Waals surface area contributed by atoms with Crippen LogP contribution >= 0.6 is 0 Å². The molecule has 0 saturated heterocycles. The third-order valence-corrected chi connectivity index (χ3v) is 5.76. The van der Waals surface area contributed by atoms with Crippen molar-refractivity contribution < 1.29 is 0 Å². The van der Waals surface area contributed by atoms with E-state index in [1.54, 1.807) is 0 Å². The average Bonchev–Trinajstić information content (AvgIpc) is 2.91. The average molecular weight is 467 g/mol. The first-order valence-corrected chi connectivity index (χ1v) is 11.9. The quantitative estimate of drug-likeness (QED) is 0.241. The number of hydrogen-bond donors (Lipinski definition) is 0. The zero-order valence-corrected chi connectivity index (χ0v) is 21.3. The van der Waals surface area contributed by atoms with Crippen LogP contribution in [0.25, 0.3) is 12.2 Å². The number of anilines is 2. The Bertz CT molecular complexity index is 1320. The molecule has 4 aromatic rings. The predicted octanol–water partition coefficient (Wildman–Crippen LogP) is 6.79. The monoisotopic (exact) mass is 466 g/mol. The summed E-state index contributed by atoms with van der Waals surface area (Å²) < 4.78 is 0. The Morgan fingerprint density at radius 3 is 0.889 bits per heavy atom. The van der Waals surface area contributed by atoms with Crippen molar-refractivity contribution in [2.75, 3.05) is 38.0 Å². The van der Waals surface area contributed by atoms with Gasteiger partial charge < -0.3 is 9.80 Å². The third-order valence-electron chi connectivity index (χ3n) is 5.76. The molecule has 0 aliphatic rings. The van der Waals surface area contributed by atoms with Crippen molar-refractivity contribution in [3.63, 3.8) is 0 Å². The van der Waals surface area contributed by atoms with Crippen molar-refractivity contribution in [3.05, 3.63) is 130 Å².